The summed E-state index contributed by atoms with van der Waals surface area (Å²) in [7, 11) is -3.45. The fourth-order valence-electron chi connectivity index (χ4n) is 4.05. The van der Waals surface area contributed by atoms with Crippen LogP contribution in [0.3, 0.4) is 0 Å². The van der Waals surface area contributed by atoms with Crippen molar-refractivity contribution in [3.63, 3.8) is 0 Å². The second kappa shape index (κ2) is 10.6. The van der Waals surface area contributed by atoms with Gasteiger partial charge in [0.05, 0.1) is 18.6 Å². The monoisotopic (exact) mass is 437 g/mol. The number of unbranched alkanes of at least 4 members (excludes halogenated alkanes) is 1. The number of hydrogen-bond donors (Lipinski definition) is 1. The summed E-state index contributed by atoms with van der Waals surface area (Å²) in [6.45, 7) is 6.73. The first-order valence-corrected chi connectivity index (χ1v) is 12.6. The van der Waals surface area contributed by atoms with Gasteiger partial charge < -0.3 is 10.1 Å². The van der Waals surface area contributed by atoms with Crippen molar-refractivity contribution < 1.29 is 17.9 Å². The number of hydrogen-bond acceptors (Lipinski definition) is 4. The molecule has 2 unspecified atom stereocenters. The zero-order valence-corrected chi connectivity index (χ0v) is 19.0. The van der Waals surface area contributed by atoms with E-state index in [4.69, 9.17) is 4.74 Å². The van der Waals surface area contributed by atoms with Gasteiger partial charge in [0.15, 0.2) is 0 Å². The van der Waals surface area contributed by atoms with Gasteiger partial charge in [0.25, 0.3) is 10.2 Å². The largest absolute Gasteiger partial charge is 0.494 e. The molecule has 0 aliphatic carbocycles. The molecule has 168 valence electrons. The van der Waals surface area contributed by atoms with Crippen LogP contribution in [0.2, 0.25) is 0 Å². The van der Waals surface area contributed by atoms with Crippen molar-refractivity contribution in [2.45, 2.75) is 58.4 Å². The average molecular weight is 438 g/mol. The normalized spacial score (nSPS) is 22.0. The Kier molecular flexibility index (Phi) is 8.13. The summed E-state index contributed by atoms with van der Waals surface area (Å²) in [5.74, 6) is 0.447. The fraction of sp³-hybridized carbons (Fsp3) is 0.682. The first-order chi connectivity index (χ1) is 14.4. The lowest BCUT2D eigenvalue weighted by atomic mass is 9.98. The molecule has 2 fully saturated rings. The number of rotatable bonds is 9. The highest BCUT2D eigenvalue weighted by Crippen LogP contribution is 2.25. The van der Waals surface area contributed by atoms with Crippen molar-refractivity contribution in [1.82, 2.24) is 13.9 Å². The Bertz CT molecular complexity index is 791. The van der Waals surface area contributed by atoms with Crippen molar-refractivity contribution >= 4 is 16.1 Å². The second-order valence-corrected chi connectivity index (χ2v) is 10.2. The number of nitrogens with zero attached hydrogens (tertiary/aromatic N) is 2. The molecule has 0 spiro atoms. The minimum absolute atomic E-state index is 0.0768. The van der Waals surface area contributed by atoms with Crippen molar-refractivity contribution in [3.8, 4) is 5.75 Å². The standard InChI is InChI=1S/C22H35N3O4S/c1-3-4-16-29-21-11-9-19(10-12-21)18(2)23-22(26)20-8-7-15-25(17-20)30(27,28)24-13-5-6-14-24/h9-12,18,20H,3-8,13-17H2,1-2H3,(H,23,26). The zero-order valence-electron chi connectivity index (χ0n) is 18.2. The number of ether oxygens (including phenoxy) is 1. The molecule has 1 aromatic carbocycles. The zero-order chi connectivity index (χ0) is 21.6. The second-order valence-electron chi connectivity index (χ2n) is 8.31. The Labute approximate surface area is 180 Å². The van der Waals surface area contributed by atoms with Gasteiger partial charge in [-0.3, -0.25) is 4.79 Å². The van der Waals surface area contributed by atoms with E-state index in [1.54, 1.807) is 4.31 Å². The van der Waals surface area contributed by atoms with E-state index in [-0.39, 0.29) is 24.4 Å². The van der Waals surface area contributed by atoms with Crippen molar-refractivity contribution in [2.75, 3.05) is 32.8 Å². The number of carbonyl (C=O) groups excluding carboxylic acids is 1. The van der Waals surface area contributed by atoms with Crippen LogP contribution in [0.1, 0.15) is 64.0 Å². The van der Waals surface area contributed by atoms with E-state index in [0.717, 1.165) is 43.4 Å². The lowest BCUT2D eigenvalue weighted by molar-refractivity contribution is -0.126. The van der Waals surface area contributed by atoms with Gasteiger partial charge in [-0.2, -0.15) is 17.0 Å². The maximum Gasteiger partial charge on any atom is 0.281 e. The molecule has 1 aromatic rings. The smallest absolute Gasteiger partial charge is 0.281 e. The van der Waals surface area contributed by atoms with E-state index >= 15 is 0 Å². The van der Waals surface area contributed by atoms with E-state index in [1.807, 2.05) is 31.2 Å². The van der Waals surface area contributed by atoms with Crippen LogP contribution in [-0.4, -0.2) is 55.7 Å². The lowest BCUT2D eigenvalue weighted by Gasteiger charge is -2.34. The van der Waals surface area contributed by atoms with Crippen molar-refractivity contribution in [3.05, 3.63) is 29.8 Å². The van der Waals surface area contributed by atoms with E-state index in [2.05, 4.69) is 12.2 Å². The van der Waals surface area contributed by atoms with Gasteiger partial charge in [0.2, 0.25) is 5.91 Å². The van der Waals surface area contributed by atoms with Gasteiger partial charge in [-0.15, -0.1) is 0 Å². The van der Waals surface area contributed by atoms with Crippen LogP contribution in [0.5, 0.6) is 5.75 Å². The third-order valence-electron chi connectivity index (χ3n) is 5.98. The van der Waals surface area contributed by atoms with E-state index in [9.17, 15) is 13.2 Å². The summed E-state index contributed by atoms with van der Waals surface area (Å²) in [6, 6.07) is 7.65. The van der Waals surface area contributed by atoms with Gasteiger partial charge in [0, 0.05) is 26.2 Å². The number of nitrogens with one attached hydrogen (secondary N) is 1. The highest BCUT2D eigenvalue weighted by atomic mass is 32.2. The van der Waals surface area contributed by atoms with E-state index < -0.39 is 10.2 Å². The Balaban J connectivity index is 1.54. The Morgan fingerprint density at radius 2 is 1.80 bits per heavy atom. The molecule has 30 heavy (non-hydrogen) atoms. The molecule has 2 saturated heterocycles. The molecule has 0 aromatic heterocycles. The molecule has 0 radical (unpaired) electrons. The molecule has 2 aliphatic rings. The first-order valence-electron chi connectivity index (χ1n) is 11.2. The van der Waals surface area contributed by atoms with Crippen LogP contribution >= 0.6 is 0 Å². The third-order valence-corrected chi connectivity index (χ3v) is 7.98. The van der Waals surface area contributed by atoms with Gasteiger partial charge in [-0.25, -0.2) is 0 Å². The van der Waals surface area contributed by atoms with Gasteiger partial charge in [-0.05, 0) is 56.7 Å². The van der Waals surface area contributed by atoms with Crippen LogP contribution < -0.4 is 10.1 Å². The number of amides is 1. The van der Waals surface area contributed by atoms with Crippen LogP contribution in [0, 0.1) is 5.92 Å². The Hall–Kier alpha value is -1.64. The quantitative estimate of drug-likeness (QED) is 0.602. The van der Waals surface area contributed by atoms with Crippen molar-refractivity contribution in [1.29, 1.82) is 0 Å². The van der Waals surface area contributed by atoms with Crippen LogP contribution in [0.25, 0.3) is 0 Å². The summed E-state index contributed by atoms with van der Waals surface area (Å²) in [5, 5.41) is 3.06. The lowest BCUT2D eigenvalue weighted by Crippen LogP contribution is -2.50. The van der Waals surface area contributed by atoms with Crippen molar-refractivity contribution in [2.24, 2.45) is 5.92 Å². The molecule has 0 saturated carbocycles. The summed E-state index contributed by atoms with van der Waals surface area (Å²) >= 11 is 0. The molecule has 1 N–H and O–H groups in total. The van der Waals surface area contributed by atoms with Crippen LogP contribution in [0.15, 0.2) is 24.3 Å². The Morgan fingerprint density at radius 1 is 1.13 bits per heavy atom. The highest BCUT2D eigenvalue weighted by Gasteiger charge is 2.37. The minimum atomic E-state index is -3.45. The SMILES string of the molecule is CCCCOc1ccc(C(C)NC(=O)C2CCCN(S(=O)(=O)N3CCCC3)C2)cc1. The predicted octanol–water partition coefficient (Wildman–Crippen LogP) is 3.10. The number of carbonyl (C=O) groups is 1. The maximum atomic E-state index is 12.8. The Morgan fingerprint density at radius 3 is 2.47 bits per heavy atom. The molecule has 7 nitrogen and oxygen atoms in total. The summed E-state index contributed by atoms with van der Waals surface area (Å²) in [6.07, 6.45) is 5.38. The maximum absolute atomic E-state index is 12.8. The van der Waals surface area contributed by atoms with E-state index in [0.29, 0.717) is 32.7 Å². The van der Waals surface area contributed by atoms with E-state index in [1.165, 1.54) is 4.31 Å². The molecule has 2 atom stereocenters. The molecule has 0 bridgehead atoms. The minimum Gasteiger partial charge on any atom is -0.494 e. The molecule has 2 aliphatic heterocycles. The molecular formula is C22H35N3O4S. The first kappa shape index (κ1) is 23.0. The molecule has 3 rings (SSSR count). The van der Waals surface area contributed by atoms with Crippen LogP contribution in [-0.2, 0) is 15.0 Å². The summed E-state index contributed by atoms with van der Waals surface area (Å²) in [5.41, 5.74) is 1.00. The fourth-order valence-corrected chi connectivity index (χ4v) is 5.82. The molecule has 2 heterocycles. The molecular weight excluding hydrogens is 402 g/mol. The van der Waals surface area contributed by atoms with Gasteiger partial charge in [-0.1, -0.05) is 25.5 Å². The van der Waals surface area contributed by atoms with Gasteiger partial charge >= 0.3 is 0 Å². The summed E-state index contributed by atoms with van der Waals surface area (Å²) in [4.78, 5) is 12.8. The predicted molar refractivity (Wildman–Crippen MR) is 117 cm³/mol. The van der Waals surface area contributed by atoms with Gasteiger partial charge in [0.1, 0.15) is 5.75 Å². The topological polar surface area (TPSA) is 79.0 Å². The number of piperidine rings is 1. The molecule has 8 heteroatoms. The molecule has 1 amide bonds. The third kappa shape index (κ3) is 5.74. The number of benzene rings is 1. The average Bonchev–Trinajstić information content (AvgIpc) is 3.30. The van der Waals surface area contributed by atoms with Crippen LogP contribution in [0.4, 0.5) is 0 Å². The highest BCUT2D eigenvalue weighted by molar-refractivity contribution is 7.86. The summed E-state index contributed by atoms with van der Waals surface area (Å²) < 4.78 is 34.4.